The number of carbonyl (C=O) groups is 1. The topological polar surface area (TPSA) is 125 Å². The molecular weight excluding hydrogens is 561 g/mol. The number of nitrogens with two attached hydrogens (primary N) is 1. The first-order valence-corrected chi connectivity index (χ1v) is 14.4. The van der Waals surface area contributed by atoms with Gasteiger partial charge in [0.05, 0.1) is 29.6 Å². The number of aliphatic hydroxyl groups is 1. The number of para-hydroxylation sites is 2. The molecule has 0 aromatic heterocycles. The fourth-order valence-corrected chi connectivity index (χ4v) is 6.70. The number of hydrogen-bond acceptors (Lipinski definition) is 7. The number of aryl methyl sites for hydroxylation is 2. The van der Waals surface area contributed by atoms with Crippen LogP contribution in [0.25, 0.3) is 0 Å². The maximum absolute atomic E-state index is 13.3. The average molecular weight is 591 g/mol. The van der Waals surface area contributed by atoms with E-state index >= 15 is 0 Å². The summed E-state index contributed by atoms with van der Waals surface area (Å²) in [6, 6.07) is 17.3. The Morgan fingerprint density at radius 1 is 0.951 bits per heavy atom. The Bertz CT molecular complexity index is 1470. The number of fused-ring (bicyclic) bond motifs is 2. The van der Waals surface area contributed by atoms with Crippen molar-refractivity contribution in [3.63, 3.8) is 0 Å². The van der Waals surface area contributed by atoms with E-state index in [-0.39, 0.29) is 24.5 Å². The van der Waals surface area contributed by atoms with Crippen LogP contribution in [0, 0.1) is 0 Å². The molecule has 0 radical (unpaired) electrons. The monoisotopic (exact) mass is 590 g/mol. The quantitative estimate of drug-likeness (QED) is 0.403. The van der Waals surface area contributed by atoms with Gasteiger partial charge in [0, 0.05) is 24.5 Å². The molecule has 3 aromatic carbocycles. The number of nitrogens with one attached hydrogen (secondary N) is 1. The number of carbonyl (C=O) groups excluding carboxylic acids is 1. The van der Waals surface area contributed by atoms with Crippen molar-refractivity contribution in [1.82, 2.24) is 9.62 Å². The predicted octanol–water partition coefficient (Wildman–Crippen LogP) is 2.70. The van der Waals surface area contributed by atoms with Gasteiger partial charge in [-0.3, -0.25) is 4.79 Å². The van der Waals surface area contributed by atoms with Crippen LogP contribution in [0.3, 0.4) is 0 Å². The molecule has 0 bridgehead atoms. The lowest BCUT2D eigenvalue weighted by Crippen LogP contribution is -2.66. The first-order valence-electron chi connectivity index (χ1n) is 13.0. The lowest BCUT2D eigenvalue weighted by Gasteiger charge is -2.47. The summed E-state index contributed by atoms with van der Waals surface area (Å²) in [7, 11) is -4.33. The van der Waals surface area contributed by atoms with E-state index in [4.69, 9.17) is 5.73 Å². The van der Waals surface area contributed by atoms with Crippen LogP contribution < -0.4 is 20.1 Å². The third kappa shape index (κ3) is 6.17. The Labute approximate surface area is 235 Å². The van der Waals surface area contributed by atoms with Crippen molar-refractivity contribution in [2.45, 2.75) is 42.3 Å². The lowest BCUT2D eigenvalue weighted by molar-refractivity contribution is -0.274. The van der Waals surface area contributed by atoms with E-state index in [9.17, 15) is 31.5 Å². The zero-order valence-corrected chi connectivity index (χ0v) is 22.6. The van der Waals surface area contributed by atoms with Gasteiger partial charge in [-0.15, -0.1) is 13.2 Å². The van der Waals surface area contributed by atoms with E-state index in [1.807, 2.05) is 53.4 Å². The summed E-state index contributed by atoms with van der Waals surface area (Å²) in [5.74, 6) is -0.997. The zero-order valence-electron chi connectivity index (χ0n) is 21.8. The maximum Gasteiger partial charge on any atom is 0.573 e. The van der Waals surface area contributed by atoms with Gasteiger partial charge in [0.25, 0.3) is 0 Å². The number of alkyl halides is 3. The van der Waals surface area contributed by atoms with Gasteiger partial charge in [0.1, 0.15) is 5.75 Å². The van der Waals surface area contributed by atoms with E-state index in [1.165, 1.54) is 4.90 Å². The van der Waals surface area contributed by atoms with Gasteiger partial charge in [-0.2, -0.15) is 0 Å². The summed E-state index contributed by atoms with van der Waals surface area (Å²) < 4.78 is 70.5. The smallest absolute Gasteiger partial charge is 0.406 e. The van der Waals surface area contributed by atoms with E-state index < -0.39 is 46.2 Å². The summed E-state index contributed by atoms with van der Waals surface area (Å²) in [5.41, 5.74) is 9.42. The van der Waals surface area contributed by atoms with Gasteiger partial charge in [0.2, 0.25) is 15.9 Å². The standard InChI is InChI=1S/C28H29F3N4O5S/c29-28(30,31)40-20-11-13-21(14-12-20)41(38,39)33-22-16-34(26(36)15-32)17-25(27(22)37)35-23-7-3-1-5-18(23)9-10-19-6-2-4-8-24(19)35/h1-8,11-14,22,25,27,33,37H,9-10,15-17,32H2/t22-,25?,27+/m1/s1. The maximum atomic E-state index is 13.3. The highest BCUT2D eigenvalue weighted by molar-refractivity contribution is 7.89. The molecule has 2 aliphatic rings. The summed E-state index contributed by atoms with van der Waals surface area (Å²) in [6.07, 6.45) is -4.70. The second kappa shape index (κ2) is 11.3. The van der Waals surface area contributed by atoms with E-state index in [0.717, 1.165) is 59.6 Å². The van der Waals surface area contributed by atoms with Crippen molar-refractivity contribution in [3.05, 3.63) is 83.9 Å². The normalized spacial score (nSPS) is 21.0. The van der Waals surface area contributed by atoms with E-state index in [2.05, 4.69) is 9.46 Å². The molecule has 9 nitrogen and oxygen atoms in total. The van der Waals surface area contributed by atoms with Crippen LogP contribution >= 0.6 is 0 Å². The minimum atomic E-state index is -4.93. The molecule has 1 unspecified atom stereocenters. The number of anilines is 2. The minimum Gasteiger partial charge on any atom is -0.406 e. The Morgan fingerprint density at radius 3 is 2.05 bits per heavy atom. The molecule has 0 saturated carbocycles. The summed E-state index contributed by atoms with van der Waals surface area (Å²) in [5, 5.41) is 11.7. The predicted molar refractivity (Wildman–Crippen MR) is 145 cm³/mol. The van der Waals surface area contributed by atoms with Crippen molar-refractivity contribution in [3.8, 4) is 5.75 Å². The van der Waals surface area contributed by atoms with Gasteiger partial charge in [-0.1, -0.05) is 36.4 Å². The molecule has 0 aliphatic carbocycles. The Hall–Kier alpha value is -3.65. The number of rotatable bonds is 6. The van der Waals surface area contributed by atoms with Crippen molar-refractivity contribution in [2.75, 3.05) is 24.5 Å². The Balaban J connectivity index is 1.50. The fourth-order valence-electron chi connectivity index (χ4n) is 5.45. The molecular formula is C28H29F3N4O5S. The van der Waals surface area contributed by atoms with E-state index in [0.29, 0.717) is 0 Å². The highest BCUT2D eigenvalue weighted by Crippen LogP contribution is 2.39. The SMILES string of the molecule is NCC(=O)N1CC(N2c3ccccc3CCc3ccccc32)[C@@H](O)[C@H](NS(=O)(=O)c2ccc(OC(F)(F)F)cc2)C1. The number of hydrogen-bond donors (Lipinski definition) is 3. The van der Waals surface area contributed by atoms with Crippen LogP contribution in [-0.4, -0.2) is 68.5 Å². The Kier molecular flexibility index (Phi) is 7.97. The number of halogens is 3. The van der Waals surface area contributed by atoms with E-state index in [1.54, 1.807) is 0 Å². The highest BCUT2D eigenvalue weighted by atomic mass is 32.2. The molecule has 13 heteroatoms. The molecule has 0 spiro atoms. The van der Waals surface area contributed by atoms with Gasteiger partial charge < -0.3 is 25.4 Å². The highest BCUT2D eigenvalue weighted by Gasteiger charge is 2.44. The van der Waals surface area contributed by atoms with Gasteiger partial charge in [-0.05, 0) is 60.4 Å². The summed E-state index contributed by atoms with van der Waals surface area (Å²) in [6.45, 7) is -0.378. The number of aliphatic hydroxyl groups excluding tert-OH is 1. The third-order valence-corrected chi connectivity index (χ3v) is 8.84. The van der Waals surface area contributed by atoms with Crippen LogP contribution in [0.2, 0.25) is 0 Å². The first kappa shape index (κ1) is 28.9. The largest absolute Gasteiger partial charge is 0.573 e. The van der Waals surface area contributed by atoms with Crippen molar-refractivity contribution < 1.29 is 36.2 Å². The number of amides is 1. The first-order chi connectivity index (χ1) is 19.5. The number of ether oxygens (including phenoxy) is 1. The van der Waals surface area contributed by atoms with Crippen LogP contribution in [-0.2, 0) is 27.7 Å². The Morgan fingerprint density at radius 2 is 1.51 bits per heavy atom. The van der Waals surface area contributed by atoms with Crippen LogP contribution in [0.15, 0.2) is 77.7 Å². The number of benzene rings is 3. The molecule has 1 fully saturated rings. The van der Waals surface area contributed by atoms with Crippen LogP contribution in [0.4, 0.5) is 24.5 Å². The lowest BCUT2D eigenvalue weighted by atomic mass is 9.94. The van der Waals surface area contributed by atoms with Crippen LogP contribution in [0.5, 0.6) is 5.75 Å². The molecule has 4 N–H and O–H groups in total. The second-order valence-electron chi connectivity index (χ2n) is 9.94. The molecule has 41 heavy (non-hydrogen) atoms. The van der Waals surface area contributed by atoms with Gasteiger partial charge >= 0.3 is 6.36 Å². The molecule has 2 heterocycles. The molecule has 2 aliphatic heterocycles. The third-order valence-electron chi connectivity index (χ3n) is 7.33. The zero-order chi connectivity index (χ0) is 29.4. The van der Waals surface area contributed by atoms with Crippen molar-refractivity contribution in [1.29, 1.82) is 0 Å². The molecule has 3 atom stereocenters. The molecule has 1 amide bonds. The average Bonchev–Trinajstić information content (AvgIpc) is 3.10. The van der Waals surface area contributed by atoms with Crippen molar-refractivity contribution in [2.24, 2.45) is 5.73 Å². The van der Waals surface area contributed by atoms with Crippen LogP contribution in [0.1, 0.15) is 11.1 Å². The number of likely N-dealkylation sites (tertiary alicyclic amines) is 1. The van der Waals surface area contributed by atoms with Gasteiger partial charge in [0.15, 0.2) is 0 Å². The number of nitrogens with zero attached hydrogens (tertiary/aromatic N) is 2. The number of piperidine rings is 1. The summed E-state index contributed by atoms with van der Waals surface area (Å²) in [4.78, 5) is 15.9. The minimum absolute atomic E-state index is 0.0849. The van der Waals surface area contributed by atoms with Gasteiger partial charge in [-0.25, -0.2) is 13.1 Å². The fraction of sp³-hybridized carbons (Fsp3) is 0.321. The summed E-state index contributed by atoms with van der Waals surface area (Å²) >= 11 is 0. The number of sulfonamides is 1. The van der Waals surface area contributed by atoms with Crippen molar-refractivity contribution >= 4 is 27.3 Å². The second-order valence-corrected chi connectivity index (χ2v) is 11.6. The molecule has 218 valence electrons. The molecule has 1 saturated heterocycles. The molecule has 5 rings (SSSR count). The molecule has 3 aromatic rings.